The maximum Gasteiger partial charge on any atom is 0.220 e. The van der Waals surface area contributed by atoms with Crippen molar-refractivity contribution in [3.63, 3.8) is 0 Å². The Labute approximate surface area is 151 Å². The first-order valence-corrected chi connectivity index (χ1v) is 9.29. The van der Waals surface area contributed by atoms with Crippen LogP contribution >= 0.6 is 0 Å². The van der Waals surface area contributed by atoms with Gasteiger partial charge in [-0.2, -0.15) is 0 Å². The SMILES string of the molecule is COCCOc1cc(C)ccc1CNC(=O)CC(C)C1CCCNC1. The third-order valence-corrected chi connectivity index (χ3v) is 4.89. The van der Waals surface area contributed by atoms with Crippen molar-refractivity contribution in [2.24, 2.45) is 11.8 Å². The molecule has 0 saturated carbocycles. The van der Waals surface area contributed by atoms with E-state index in [4.69, 9.17) is 9.47 Å². The molecule has 0 spiro atoms. The van der Waals surface area contributed by atoms with Crippen LogP contribution < -0.4 is 15.4 Å². The molecule has 1 aromatic carbocycles. The molecule has 5 nitrogen and oxygen atoms in total. The fraction of sp³-hybridized carbons (Fsp3) is 0.650. The van der Waals surface area contributed by atoms with Crippen molar-refractivity contribution in [2.75, 3.05) is 33.4 Å². The van der Waals surface area contributed by atoms with Gasteiger partial charge in [0.2, 0.25) is 5.91 Å². The number of benzene rings is 1. The number of rotatable bonds is 9. The molecule has 1 fully saturated rings. The fourth-order valence-corrected chi connectivity index (χ4v) is 3.27. The van der Waals surface area contributed by atoms with Crippen molar-refractivity contribution in [1.82, 2.24) is 10.6 Å². The lowest BCUT2D eigenvalue weighted by Crippen LogP contribution is -2.35. The second kappa shape index (κ2) is 10.4. The van der Waals surface area contributed by atoms with Crippen molar-refractivity contribution in [2.45, 2.75) is 39.7 Å². The number of piperidine rings is 1. The van der Waals surface area contributed by atoms with E-state index in [1.165, 1.54) is 12.8 Å². The minimum atomic E-state index is 0.112. The molecule has 0 bridgehead atoms. The van der Waals surface area contributed by atoms with Crippen LogP contribution in [0, 0.1) is 18.8 Å². The topological polar surface area (TPSA) is 59.6 Å². The van der Waals surface area contributed by atoms with E-state index in [0.29, 0.717) is 38.0 Å². The Morgan fingerprint density at radius 3 is 2.96 bits per heavy atom. The lowest BCUT2D eigenvalue weighted by Gasteiger charge is -2.28. The van der Waals surface area contributed by atoms with Gasteiger partial charge >= 0.3 is 0 Å². The number of amides is 1. The fourth-order valence-electron chi connectivity index (χ4n) is 3.27. The van der Waals surface area contributed by atoms with Crippen molar-refractivity contribution >= 4 is 5.91 Å². The number of hydrogen-bond donors (Lipinski definition) is 2. The molecule has 0 aromatic heterocycles. The van der Waals surface area contributed by atoms with Gasteiger partial charge in [0.25, 0.3) is 0 Å². The molecule has 2 N–H and O–H groups in total. The van der Waals surface area contributed by atoms with Crippen LogP contribution in [0.15, 0.2) is 18.2 Å². The zero-order valence-electron chi connectivity index (χ0n) is 15.8. The number of methoxy groups -OCH3 is 1. The van der Waals surface area contributed by atoms with Crippen LogP contribution in [-0.4, -0.2) is 39.3 Å². The maximum atomic E-state index is 12.3. The highest BCUT2D eigenvalue weighted by Gasteiger charge is 2.22. The predicted molar refractivity (Wildman–Crippen MR) is 99.8 cm³/mol. The number of carbonyl (C=O) groups is 1. The van der Waals surface area contributed by atoms with Crippen LogP contribution in [0.25, 0.3) is 0 Å². The van der Waals surface area contributed by atoms with Crippen molar-refractivity contribution < 1.29 is 14.3 Å². The van der Waals surface area contributed by atoms with Crippen LogP contribution in [0.3, 0.4) is 0 Å². The summed E-state index contributed by atoms with van der Waals surface area (Å²) in [5.41, 5.74) is 2.14. The lowest BCUT2D eigenvalue weighted by atomic mass is 9.85. The van der Waals surface area contributed by atoms with Gasteiger partial charge in [-0.25, -0.2) is 0 Å². The minimum absolute atomic E-state index is 0.112. The van der Waals surface area contributed by atoms with Gasteiger partial charge in [-0.3, -0.25) is 4.79 Å². The summed E-state index contributed by atoms with van der Waals surface area (Å²) in [7, 11) is 1.66. The molecular formula is C20H32N2O3. The normalized spacial score (nSPS) is 18.6. The van der Waals surface area contributed by atoms with Crippen LogP contribution in [0.5, 0.6) is 5.75 Å². The summed E-state index contributed by atoms with van der Waals surface area (Å²) in [5.74, 6) is 1.94. The highest BCUT2D eigenvalue weighted by Crippen LogP contribution is 2.23. The summed E-state index contributed by atoms with van der Waals surface area (Å²) in [6, 6.07) is 6.07. The number of hydrogen-bond acceptors (Lipinski definition) is 4. The van der Waals surface area contributed by atoms with Gasteiger partial charge in [0.05, 0.1) is 6.61 Å². The monoisotopic (exact) mass is 348 g/mol. The standard InChI is InChI=1S/C20H32N2O3/c1-15-6-7-18(19(11-15)25-10-9-24-3)14-22-20(23)12-16(2)17-5-4-8-21-13-17/h6-7,11,16-17,21H,4-5,8-10,12-14H2,1-3H3,(H,22,23). The van der Waals surface area contributed by atoms with Crippen LogP contribution in [0.1, 0.15) is 37.3 Å². The molecule has 0 aliphatic carbocycles. The largest absolute Gasteiger partial charge is 0.491 e. The Morgan fingerprint density at radius 1 is 1.40 bits per heavy atom. The quantitative estimate of drug-likeness (QED) is 0.674. The first-order chi connectivity index (χ1) is 12.1. The first kappa shape index (κ1) is 19.7. The number of ether oxygens (including phenoxy) is 2. The van der Waals surface area contributed by atoms with E-state index >= 15 is 0 Å². The Kier molecular flexibility index (Phi) is 8.22. The van der Waals surface area contributed by atoms with Gasteiger partial charge in [0.1, 0.15) is 12.4 Å². The Morgan fingerprint density at radius 2 is 2.24 bits per heavy atom. The average molecular weight is 348 g/mol. The molecule has 2 rings (SSSR count). The minimum Gasteiger partial charge on any atom is -0.491 e. The summed E-state index contributed by atoms with van der Waals surface area (Å²) in [6.07, 6.45) is 3.01. The van der Waals surface area contributed by atoms with E-state index in [-0.39, 0.29) is 5.91 Å². The summed E-state index contributed by atoms with van der Waals surface area (Å²) >= 11 is 0. The molecular weight excluding hydrogens is 316 g/mol. The number of carbonyl (C=O) groups excluding carboxylic acids is 1. The average Bonchev–Trinajstić information content (AvgIpc) is 2.62. The molecule has 2 unspecified atom stereocenters. The number of nitrogens with one attached hydrogen (secondary N) is 2. The Hall–Kier alpha value is -1.59. The van der Waals surface area contributed by atoms with Gasteiger partial charge in [-0.05, 0) is 56.3 Å². The van der Waals surface area contributed by atoms with Crippen molar-refractivity contribution in [3.8, 4) is 5.75 Å². The molecule has 1 heterocycles. The van der Waals surface area contributed by atoms with Crippen LogP contribution in [0.2, 0.25) is 0 Å². The molecule has 2 atom stereocenters. The van der Waals surface area contributed by atoms with E-state index in [1.54, 1.807) is 7.11 Å². The molecule has 0 radical (unpaired) electrons. The van der Waals surface area contributed by atoms with E-state index in [2.05, 4.69) is 17.6 Å². The van der Waals surface area contributed by atoms with Crippen LogP contribution in [-0.2, 0) is 16.1 Å². The van der Waals surface area contributed by atoms with E-state index < -0.39 is 0 Å². The third kappa shape index (κ3) is 6.67. The molecule has 1 saturated heterocycles. The summed E-state index contributed by atoms with van der Waals surface area (Å²) in [4.78, 5) is 12.3. The van der Waals surface area contributed by atoms with Crippen LogP contribution in [0.4, 0.5) is 0 Å². The second-order valence-corrected chi connectivity index (χ2v) is 7.02. The molecule has 25 heavy (non-hydrogen) atoms. The highest BCUT2D eigenvalue weighted by molar-refractivity contribution is 5.76. The van der Waals surface area contributed by atoms with Crippen molar-refractivity contribution in [3.05, 3.63) is 29.3 Å². The van der Waals surface area contributed by atoms with E-state index in [0.717, 1.165) is 30.0 Å². The number of aryl methyl sites for hydroxylation is 1. The van der Waals surface area contributed by atoms with E-state index in [1.807, 2.05) is 25.1 Å². The smallest absolute Gasteiger partial charge is 0.220 e. The van der Waals surface area contributed by atoms with Gasteiger partial charge in [-0.1, -0.05) is 19.1 Å². The summed E-state index contributed by atoms with van der Waals surface area (Å²) in [5, 5.41) is 6.47. The molecule has 1 amide bonds. The third-order valence-electron chi connectivity index (χ3n) is 4.89. The molecule has 1 aliphatic rings. The van der Waals surface area contributed by atoms with Gasteiger partial charge in [0, 0.05) is 25.6 Å². The molecule has 5 heteroatoms. The predicted octanol–water partition coefficient (Wildman–Crippen LogP) is 2.66. The summed E-state index contributed by atoms with van der Waals surface area (Å²) in [6.45, 7) is 7.91. The molecule has 140 valence electrons. The Bertz CT molecular complexity index is 542. The highest BCUT2D eigenvalue weighted by atomic mass is 16.5. The second-order valence-electron chi connectivity index (χ2n) is 7.02. The Balaban J connectivity index is 1.83. The maximum absolute atomic E-state index is 12.3. The summed E-state index contributed by atoms with van der Waals surface area (Å²) < 4.78 is 10.8. The van der Waals surface area contributed by atoms with Gasteiger partial charge in [-0.15, -0.1) is 0 Å². The van der Waals surface area contributed by atoms with Crippen molar-refractivity contribution in [1.29, 1.82) is 0 Å². The molecule has 1 aliphatic heterocycles. The zero-order chi connectivity index (χ0) is 18.1. The lowest BCUT2D eigenvalue weighted by molar-refractivity contribution is -0.122. The molecule has 1 aromatic rings. The first-order valence-electron chi connectivity index (χ1n) is 9.29. The zero-order valence-corrected chi connectivity index (χ0v) is 15.8. The van der Waals surface area contributed by atoms with Gasteiger partial charge in [0.15, 0.2) is 0 Å². The van der Waals surface area contributed by atoms with E-state index in [9.17, 15) is 4.79 Å². The van der Waals surface area contributed by atoms with Gasteiger partial charge < -0.3 is 20.1 Å².